The molecule has 0 aliphatic carbocycles. The topological polar surface area (TPSA) is 38.3 Å². The summed E-state index contributed by atoms with van der Waals surface area (Å²) in [5, 5.41) is 3.33. The van der Waals surface area contributed by atoms with Crippen LogP contribution in [0.15, 0.2) is 22.7 Å². The zero-order valence-corrected chi connectivity index (χ0v) is 9.43. The van der Waals surface area contributed by atoms with Crippen LogP contribution in [0.5, 0.6) is 0 Å². The molecule has 1 aromatic carbocycles. The normalized spacial score (nSPS) is 20.4. The van der Waals surface area contributed by atoms with Gasteiger partial charge in [-0.1, -0.05) is 27.5 Å². The maximum absolute atomic E-state index is 10.8. The molecule has 14 heavy (non-hydrogen) atoms. The molecule has 1 fully saturated rings. The first-order valence-corrected chi connectivity index (χ1v) is 5.22. The molecule has 1 saturated heterocycles. The van der Waals surface area contributed by atoms with Crippen molar-refractivity contribution in [2.75, 3.05) is 6.61 Å². The van der Waals surface area contributed by atoms with Crippen LogP contribution in [0.25, 0.3) is 0 Å². The Morgan fingerprint density at radius 2 is 2.36 bits per heavy atom. The van der Waals surface area contributed by atoms with Crippen molar-refractivity contribution in [3.63, 3.8) is 0 Å². The van der Waals surface area contributed by atoms with Crippen molar-refractivity contribution in [2.45, 2.75) is 6.04 Å². The fourth-order valence-electron chi connectivity index (χ4n) is 1.33. The highest BCUT2D eigenvalue weighted by Gasteiger charge is 2.25. The van der Waals surface area contributed by atoms with Crippen LogP contribution in [-0.4, -0.2) is 12.7 Å². The number of hydrogen-bond donors (Lipinski definition) is 1. The Labute approximate surface area is 94.5 Å². The van der Waals surface area contributed by atoms with Crippen molar-refractivity contribution in [3.8, 4) is 0 Å². The molecular weight excluding hydrogens is 269 g/mol. The number of amides is 1. The number of ether oxygens (including phenoxy) is 1. The highest BCUT2D eigenvalue weighted by Crippen LogP contribution is 2.28. The van der Waals surface area contributed by atoms with Gasteiger partial charge < -0.3 is 10.1 Å². The van der Waals surface area contributed by atoms with E-state index in [4.69, 9.17) is 16.3 Å². The van der Waals surface area contributed by atoms with E-state index in [1.807, 2.05) is 12.1 Å². The van der Waals surface area contributed by atoms with Gasteiger partial charge in [0.15, 0.2) is 0 Å². The van der Waals surface area contributed by atoms with E-state index in [1.54, 1.807) is 6.07 Å². The van der Waals surface area contributed by atoms with Crippen LogP contribution in [0.2, 0.25) is 5.02 Å². The minimum absolute atomic E-state index is 0.115. The van der Waals surface area contributed by atoms with Crippen molar-refractivity contribution in [3.05, 3.63) is 33.3 Å². The van der Waals surface area contributed by atoms with Gasteiger partial charge in [0.05, 0.1) is 6.04 Å². The molecule has 2 rings (SSSR count). The summed E-state index contributed by atoms with van der Waals surface area (Å²) < 4.78 is 5.72. The van der Waals surface area contributed by atoms with Gasteiger partial charge in [-0.2, -0.15) is 0 Å². The third kappa shape index (κ3) is 1.86. The van der Waals surface area contributed by atoms with Crippen molar-refractivity contribution in [1.29, 1.82) is 0 Å². The minimum atomic E-state index is -0.387. The van der Waals surface area contributed by atoms with Crippen LogP contribution in [-0.2, 0) is 4.74 Å². The molecule has 0 aromatic heterocycles. The van der Waals surface area contributed by atoms with Crippen LogP contribution < -0.4 is 5.32 Å². The van der Waals surface area contributed by atoms with Gasteiger partial charge in [0.2, 0.25) is 0 Å². The molecule has 1 aliphatic rings. The van der Waals surface area contributed by atoms with Crippen LogP contribution in [0, 0.1) is 0 Å². The SMILES string of the molecule is O=C1NC(c2cc(Cl)ccc2Br)CO1. The second-order valence-corrected chi connectivity index (χ2v) is 4.25. The summed E-state index contributed by atoms with van der Waals surface area (Å²) in [6, 6.07) is 5.33. The Bertz CT molecular complexity index is 383. The standard InChI is InChI=1S/C9H7BrClNO2/c10-7-2-1-5(11)3-6(7)8-4-14-9(13)12-8/h1-3,8H,4H2,(H,12,13). The van der Waals surface area contributed by atoms with E-state index in [9.17, 15) is 4.79 Å². The first kappa shape index (κ1) is 9.80. The maximum Gasteiger partial charge on any atom is 0.407 e. The largest absolute Gasteiger partial charge is 0.447 e. The first-order chi connectivity index (χ1) is 6.66. The van der Waals surface area contributed by atoms with Gasteiger partial charge in [0.1, 0.15) is 6.61 Å². The van der Waals surface area contributed by atoms with Crippen LogP contribution >= 0.6 is 27.5 Å². The number of hydrogen-bond acceptors (Lipinski definition) is 2. The number of benzene rings is 1. The van der Waals surface area contributed by atoms with Gasteiger partial charge in [0, 0.05) is 9.50 Å². The summed E-state index contributed by atoms with van der Waals surface area (Å²) in [7, 11) is 0. The summed E-state index contributed by atoms with van der Waals surface area (Å²) in [6.07, 6.45) is -0.387. The fourth-order valence-corrected chi connectivity index (χ4v) is 2.04. The Morgan fingerprint density at radius 1 is 1.57 bits per heavy atom. The lowest BCUT2D eigenvalue weighted by atomic mass is 10.1. The first-order valence-electron chi connectivity index (χ1n) is 4.05. The van der Waals surface area contributed by atoms with Crippen molar-refractivity contribution in [2.24, 2.45) is 0 Å². The van der Waals surface area contributed by atoms with E-state index < -0.39 is 0 Å². The van der Waals surface area contributed by atoms with Crippen LogP contribution in [0.3, 0.4) is 0 Å². The summed E-state index contributed by atoms with van der Waals surface area (Å²) in [4.78, 5) is 10.8. The molecule has 1 amide bonds. The second kappa shape index (κ2) is 3.79. The van der Waals surface area contributed by atoms with E-state index >= 15 is 0 Å². The van der Waals surface area contributed by atoms with Gasteiger partial charge >= 0.3 is 6.09 Å². The monoisotopic (exact) mass is 275 g/mol. The highest BCUT2D eigenvalue weighted by atomic mass is 79.9. The number of carbonyl (C=O) groups is 1. The summed E-state index contributed by atoms with van der Waals surface area (Å²) in [5.41, 5.74) is 0.934. The Balaban J connectivity index is 2.31. The minimum Gasteiger partial charge on any atom is -0.447 e. The fraction of sp³-hybridized carbons (Fsp3) is 0.222. The average Bonchev–Trinajstić information content (AvgIpc) is 2.56. The average molecular weight is 277 g/mol. The Morgan fingerprint density at radius 3 is 3.00 bits per heavy atom. The zero-order valence-electron chi connectivity index (χ0n) is 7.09. The van der Waals surface area contributed by atoms with E-state index in [-0.39, 0.29) is 12.1 Å². The summed E-state index contributed by atoms with van der Waals surface area (Å²) >= 11 is 9.25. The highest BCUT2D eigenvalue weighted by molar-refractivity contribution is 9.10. The summed E-state index contributed by atoms with van der Waals surface area (Å²) in [6.45, 7) is 0.345. The molecule has 0 bridgehead atoms. The number of rotatable bonds is 1. The number of alkyl carbamates (subject to hydrolysis) is 1. The molecule has 0 radical (unpaired) electrons. The Hall–Kier alpha value is -0.740. The van der Waals surface area contributed by atoms with Gasteiger partial charge in [-0.05, 0) is 23.8 Å². The zero-order chi connectivity index (χ0) is 10.1. The molecule has 0 spiro atoms. The van der Waals surface area contributed by atoms with Gasteiger partial charge in [-0.25, -0.2) is 4.79 Å². The summed E-state index contributed by atoms with van der Waals surface area (Å²) in [5.74, 6) is 0. The van der Waals surface area contributed by atoms with E-state index in [0.717, 1.165) is 10.0 Å². The Kier molecular flexibility index (Phi) is 2.65. The number of halogens is 2. The lowest BCUT2D eigenvalue weighted by Crippen LogP contribution is -2.18. The van der Waals surface area contributed by atoms with Crippen LogP contribution in [0.1, 0.15) is 11.6 Å². The lowest BCUT2D eigenvalue weighted by Gasteiger charge is -2.10. The molecule has 1 atom stereocenters. The molecule has 1 aliphatic heterocycles. The second-order valence-electron chi connectivity index (χ2n) is 2.96. The van der Waals surface area contributed by atoms with Crippen molar-refractivity contribution in [1.82, 2.24) is 5.32 Å². The maximum atomic E-state index is 10.8. The predicted molar refractivity (Wildman–Crippen MR) is 56.4 cm³/mol. The molecular formula is C9H7BrClNO2. The van der Waals surface area contributed by atoms with Gasteiger partial charge in [-0.15, -0.1) is 0 Å². The number of nitrogens with one attached hydrogen (secondary N) is 1. The predicted octanol–water partition coefficient (Wildman–Crippen LogP) is 2.88. The molecule has 1 aromatic rings. The van der Waals surface area contributed by atoms with E-state index in [2.05, 4.69) is 21.2 Å². The van der Waals surface area contributed by atoms with Gasteiger partial charge in [0.25, 0.3) is 0 Å². The van der Waals surface area contributed by atoms with E-state index in [1.165, 1.54) is 0 Å². The quantitative estimate of drug-likeness (QED) is 0.856. The van der Waals surface area contributed by atoms with Crippen molar-refractivity contribution >= 4 is 33.6 Å². The molecule has 0 saturated carbocycles. The molecule has 1 heterocycles. The molecule has 5 heteroatoms. The third-order valence-electron chi connectivity index (χ3n) is 2.01. The van der Waals surface area contributed by atoms with Gasteiger partial charge in [-0.3, -0.25) is 0 Å². The number of carbonyl (C=O) groups excluding carboxylic acids is 1. The smallest absolute Gasteiger partial charge is 0.407 e. The molecule has 1 N–H and O–H groups in total. The lowest BCUT2D eigenvalue weighted by molar-refractivity contribution is 0.177. The molecule has 74 valence electrons. The molecule has 1 unspecified atom stereocenters. The third-order valence-corrected chi connectivity index (χ3v) is 2.96. The number of cyclic esters (lactones) is 1. The van der Waals surface area contributed by atoms with Crippen LogP contribution in [0.4, 0.5) is 4.79 Å². The molecule has 3 nitrogen and oxygen atoms in total. The van der Waals surface area contributed by atoms with Crippen molar-refractivity contribution < 1.29 is 9.53 Å². The van der Waals surface area contributed by atoms with E-state index in [0.29, 0.717) is 11.6 Å².